The lowest BCUT2D eigenvalue weighted by molar-refractivity contribution is -0.126. The zero-order valence-corrected chi connectivity index (χ0v) is 12.5. The molecule has 1 aliphatic rings. The predicted octanol–water partition coefficient (Wildman–Crippen LogP) is -0.496. The zero-order chi connectivity index (χ0) is 14.8. The molecule has 3 N–H and O–H groups in total. The largest absolute Gasteiger partial charge is 0.358 e. The lowest BCUT2D eigenvalue weighted by atomic mass is 10.1. The summed E-state index contributed by atoms with van der Waals surface area (Å²) < 4.78 is 0.641. The summed E-state index contributed by atoms with van der Waals surface area (Å²) in [6.07, 6.45) is 0. The molecule has 7 nitrogen and oxygen atoms in total. The van der Waals surface area contributed by atoms with Gasteiger partial charge in [0.05, 0.1) is 12.1 Å². The molecule has 1 unspecified atom stereocenters. The monoisotopic (exact) mass is 307 g/mol. The van der Waals surface area contributed by atoms with Gasteiger partial charge in [0.1, 0.15) is 16.6 Å². The lowest BCUT2D eigenvalue weighted by Gasteiger charge is -2.34. The number of aromatic nitrogens is 2. The Bertz CT molecular complexity index is 710. The number of fused-ring (bicyclic) bond motifs is 1. The molecule has 1 fully saturated rings. The average molecular weight is 307 g/mol. The van der Waals surface area contributed by atoms with E-state index in [0.717, 1.165) is 13.1 Å². The van der Waals surface area contributed by atoms with E-state index in [9.17, 15) is 9.59 Å². The maximum absolute atomic E-state index is 12.0. The SMILES string of the molecule is CNC(=O)C1CNCCN1Cc1nc2ccsc2c(=O)[nH]1. The molecule has 3 heterocycles. The van der Waals surface area contributed by atoms with Crippen LogP contribution in [-0.4, -0.2) is 53.5 Å². The second kappa shape index (κ2) is 5.92. The van der Waals surface area contributed by atoms with E-state index in [0.29, 0.717) is 29.1 Å². The minimum Gasteiger partial charge on any atom is -0.358 e. The number of aromatic amines is 1. The summed E-state index contributed by atoms with van der Waals surface area (Å²) in [5, 5.41) is 7.74. The van der Waals surface area contributed by atoms with Gasteiger partial charge in [0.25, 0.3) is 5.56 Å². The van der Waals surface area contributed by atoms with Crippen molar-refractivity contribution in [3.05, 3.63) is 27.6 Å². The second-order valence-electron chi connectivity index (χ2n) is 4.95. The Hall–Kier alpha value is -1.77. The van der Waals surface area contributed by atoms with E-state index in [1.807, 2.05) is 16.3 Å². The van der Waals surface area contributed by atoms with Crippen LogP contribution in [0, 0.1) is 0 Å². The summed E-state index contributed by atoms with van der Waals surface area (Å²) in [5.74, 6) is 0.572. The maximum Gasteiger partial charge on any atom is 0.268 e. The van der Waals surface area contributed by atoms with Gasteiger partial charge < -0.3 is 15.6 Å². The van der Waals surface area contributed by atoms with Crippen LogP contribution in [0.5, 0.6) is 0 Å². The van der Waals surface area contributed by atoms with Gasteiger partial charge in [-0.15, -0.1) is 11.3 Å². The van der Waals surface area contributed by atoms with E-state index in [2.05, 4.69) is 20.6 Å². The molecule has 1 aliphatic heterocycles. The van der Waals surface area contributed by atoms with E-state index in [4.69, 9.17) is 0 Å². The van der Waals surface area contributed by atoms with Crippen molar-refractivity contribution < 1.29 is 4.79 Å². The highest BCUT2D eigenvalue weighted by Crippen LogP contribution is 2.15. The molecule has 0 aliphatic carbocycles. The third-order valence-corrected chi connectivity index (χ3v) is 4.52. The van der Waals surface area contributed by atoms with Crippen LogP contribution in [0.2, 0.25) is 0 Å². The van der Waals surface area contributed by atoms with Crippen LogP contribution >= 0.6 is 11.3 Å². The molecule has 1 atom stereocenters. The number of H-pyrrole nitrogens is 1. The third-order valence-electron chi connectivity index (χ3n) is 3.62. The first-order valence-electron chi connectivity index (χ1n) is 6.82. The van der Waals surface area contributed by atoms with Gasteiger partial charge in [-0.2, -0.15) is 0 Å². The number of thiophene rings is 1. The van der Waals surface area contributed by atoms with Crippen molar-refractivity contribution in [1.29, 1.82) is 0 Å². The zero-order valence-electron chi connectivity index (χ0n) is 11.7. The van der Waals surface area contributed by atoms with Gasteiger partial charge in [0, 0.05) is 26.7 Å². The molecular weight excluding hydrogens is 290 g/mol. The third kappa shape index (κ3) is 2.82. The number of carbonyl (C=O) groups is 1. The lowest BCUT2D eigenvalue weighted by Crippen LogP contribution is -2.57. The Labute approximate surface area is 125 Å². The Morgan fingerprint density at radius 3 is 3.29 bits per heavy atom. The minimum absolute atomic E-state index is 0.0267. The Morgan fingerprint density at radius 1 is 1.62 bits per heavy atom. The number of nitrogens with zero attached hydrogens (tertiary/aromatic N) is 2. The fraction of sp³-hybridized carbons (Fsp3) is 0.462. The van der Waals surface area contributed by atoms with Crippen LogP contribution in [0.3, 0.4) is 0 Å². The molecule has 0 saturated carbocycles. The van der Waals surface area contributed by atoms with Gasteiger partial charge in [-0.3, -0.25) is 14.5 Å². The number of amides is 1. The highest BCUT2D eigenvalue weighted by molar-refractivity contribution is 7.17. The predicted molar refractivity (Wildman–Crippen MR) is 81.4 cm³/mol. The van der Waals surface area contributed by atoms with Crippen molar-refractivity contribution >= 4 is 27.5 Å². The van der Waals surface area contributed by atoms with Crippen LogP contribution < -0.4 is 16.2 Å². The maximum atomic E-state index is 12.0. The molecule has 0 bridgehead atoms. The summed E-state index contributed by atoms with van der Waals surface area (Å²) in [6, 6.07) is 1.60. The molecule has 2 aromatic rings. The highest BCUT2D eigenvalue weighted by Gasteiger charge is 2.28. The van der Waals surface area contributed by atoms with Crippen molar-refractivity contribution in [2.45, 2.75) is 12.6 Å². The van der Waals surface area contributed by atoms with Gasteiger partial charge in [0.2, 0.25) is 5.91 Å². The summed E-state index contributed by atoms with van der Waals surface area (Å²) in [4.78, 5) is 33.2. The van der Waals surface area contributed by atoms with Gasteiger partial charge in [-0.05, 0) is 11.4 Å². The van der Waals surface area contributed by atoms with E-state index in [-0.39, 0.29) is 17.5 Å². The molecular formula is C13H17N5O2S. The van der Waals surface area contributed by atoms with Crippen molar-refractivity contribution in [1.82, 2.24) is 25.5 Å². The number of rotatable bonds is 3. The van der Waals surface area contributed by atoms with Crippen molar-refractivity contribution in [3.63, 3.8) is 0 Å². The van der Waals surface area contributed by atoms with Crippen LogP contribution in [-0.2, 0) is 11.3 Å². The van der Waals surface area contributed by atoms with Gasteiger partial charge in [0.15, 0.2) is 0 Å². The molecule has 3 rings (SSSR count). The van der Waals surface area contributed by atoms with Crippen molar-refractivity contribution in [2.75, 3.05) is 26.7 Å². The first-order valence-corrected chi connectivity index (χ1v) is 7.70. The van der Waals surface area contributed by atoms with Gasteiger partial charge in [-0.25, -0.2) is 4.98 Å². The van der Waals surface area contributed by atoms with E-state index in [1.165, 1.54) is 11.3 Å². The van der Waals surface area contributed by atoms with Crippen LogP contribution in [0.25, 0.3) is 10.2 Å². The standard InChI is InChI=1S/C13H17N5O2S/c1-14-12(19)9-6-15-3-4-18(9)7-10-16-8-2-5-21-11(8)13(20)17-10/h2,5,9,15H,3-4,6-7H2,1H3,(H,14,19)(H,16,17,20). The molecule has 0 radical (unpaired) electrons. The fourth-order valence-corrected chi connectivity index (χ4v) is 3.28. The van der Waals surface area contributed by atoms with Gasteiger partial charge >= 0.3 is 0 Å². The molecule has 21 heavy (non-hydrogen) atoms. The number of carbonyl (C=O) groups excluding carboxylic acids is 1. The van der Waals surface area contributed by atoms with Crippen LogP contribution in [0.4, 0.5) is 0 Å². The molecule has 2 aromatic heterocycles. The summed E-state index contributed by atoms with van der Waals surface area (Å²) >= 11 is 1.38. The number of nitrogens with one attached hydrogen (secondary N) is 3. The van der Waals surface area contributed by atoms with E-state index < -0.39 is 0 Å². The summed E-state index contributed by atoms with van der Waals surface area (Å²) in [6.45, 7) is 2.62. The van der Waals surface area contributed by atoms with E-state index >= 15 is 0 Å². The first-order chi connectivity index (χ1) is 10.2. The smallest absolute Gasteiger partial charge is 0.268 e. The molecule has 1 saturated heterocycles. The average Bonchev–Trinajstić information content (AvgIpc) is 2.96. The van der Waals surface area contributed by atoms with Gasteiger partial charge in [-0.1, -0.05) is 0 Å². The molecule has 0 spiro atoms. The normalized spacial score (nSPS) is 19.8. The highest BCUT2D eigenvalue weighted by atomic mass is 32.1. The Kier molecular flexibility index (Phi) is 4.00. The number of hydrogen-bond donors (Lipinski definition) is 3. The minimum atomic E-state index is -0.243. The van der Waals surface area contributed by atoms with Crippen LogP contribution in [0.1, 0.15) is 5.82 Å². The first kappa shape index (κ1) is 14.2. The Morgan fingerprint density at radius 2 is 2.48 bits per heavy atom. The number of hydrogen-bond acceptors (Lipinski definition) is 6. The molecule has 1 amide bonds. The quantitative estimate of drug-likeness (QED) is 0.711. The summed E-state index contributed by atoms with van der Waals surface area (Å²) in [5.41, 5.74) is 0.599. The fourth-order valence-electron chi connectivity index (χ4n) is 2.55. The topological polar surface area (TPSA) is 90.1 Å². The van der Waals surface area contributed by atoms with Crippen LogP contribution in [0.15, 0.2) is 16.2 Å². The number of piperazine rings is 1. The molecule has 112 valence electrons. The molecule has 0 aromatic carbocycles. The van der Waals surface area contributed by atoms with Crippen molar-refractivity contribution in [3.8, 4) is 0 Å². The number of likely N-dealkylation sites (N-methyl/N-ethyl adjacent to an activating group) is 1. The molecule has 8 heteroatoms. The summed E-state index contributed by atoms with van der Waals surface area (Å²) in [7, 11) is 1.63. The van der Waals surface area contributed by atoms with Crippen molar-refractivity contribution in [2.24, 2.45) is 0 Å². The van der Waals surface area contributed by atoms with E-state index in [1.54, 1.807) is 7.05 Å². The Balaban J connectivity index is 1.85. The second-order valence-corrected chi connectivity index (χ2v) is 5.87.